The van der Waals surface area contributed by atoms with Gasteiger partial charge in [0.15, 0.2) is 0 Å². The van der Waals surface area contributed by atoms with Gasteiger partial charge in [0, 0.05) is 12.6 Å². The monoisotopic (exact) mass is 235 g/mol. The highest BCUT2D eigenvalue weighted by Crippen LogP contribution is 2.33. The van der Waals surface area contributed by atoms with E-state index in [0.29, 0.717) is 0 Å². The average molecular weight is 235 g/mol. The van der Waals surface area contributed by atoms with Crippen LogP contribution in [0.5, 0.6) is 0 Å². The zero-order valence-electron chi connectivity index (χ0n) is 9.98. The van der Waals surface area contributed by atoms with Gasteiger partial charge in [-0.05, 0) is 31.2 Å². The molecule has 0 atom stereocenters. The zero-order chi connectivity index (χ0) is 12.3. The Morgan fingerprint density at radius 1 is 1.59 bits per heavy atom. The van der Waals surface area contributed by atoms with Crippen molar-refractivity contribution in [1.82, 2.24) is 4.98 Å². The number of aromatic nitrogens is 1. The van der Waals surface area contributed by atoms with Crippen molar-refractivity contribution in [2.24, 2.45) is 5.92 Å². The largest absolute Gasteiger partial charge is 0.370 e. The molecule has 5 heteroatoms. The van der Waals surface area contributed by atoms with Crippen LogP contribution in [0.25, 0.3) is 0 Å². The number of nitrogens with zero attached hydrogens (tertiary/aromatic N) is 2. The topological polar surface area (TPSA) is 68.1 Å². The Bertz CT molecular complexity index is 416. The summed E-state index contributed by atoms with van der Waals surface area (Å²) in [7, 11) is 0. The van der Waals surface area contributed by atoms with E-state index >= 15 is 0 Å². The Hall–Kier alpha value is -1.65. The maximum Gasteiger partial charge on any atom is 0.287 e. The molecule has 0 saturated heterocycles. The molecule has 1 aromatic heterocycles. The fraction of sp³-hybridized carbons (Fsp3) is 0.583. The molecule has 1 aliphatic carbocycles. The third-order valence-electron chi connectivity index (χ3n) is 3.05. The van der Waals surface area contributed by atoms with Crippen LogP contribution in [0.1, 0.15) is 31.2 Å². The third-order valence-corrected chi connectivity index (χ3v) is 3.05. The molecule has 0 amide bonds. The van der Waals surface area contributed by atoms with Gasteiger partial charge in [-0.2, -0.15) is 0 Å². The molecule has 1 aliphatic rings. The molecule has 0 bridgehead atoms. The number of nitrogens with one attached hydrogen (secondary N) is 1. The van der Waals surface area contributed by atoms with Crippen LogP contribution in [0.4, 0.5) is 11.5 Å². The minimum atomic E-state index is -0.420. The van der Waals surface area contributed by atoms with Crippen LogP contribution in [0.15, 0.2) is 12.3 Å². The number of rotatable bonds is 6. The van der Waals surface area contributed by atoms with Crippen molar-refractivity contribution >= 4 is 11.5 Å². The van der Waals surface area contributed by atoms with Crippen LogP contribution in [0, 0.1) is 23.0 Å². The molecule has 0 aliphatic heterocycles. The highest BCUT2D eigenvalue weighted by atomic mass is 16.6. The molecule has 0 spiro atoms. The molecule has 1 N–H and O–H groups in total. The Labute approximate surface area is 100 Å². The predicted octanol–water partition coefficient (Wildman–Crippen LogP) is 2.90. The van der Waals surface area contributed by atoms with Crippen LogP contribution >= 0.6 is 0 Å². The molecule has 1 saturated carbocycles. The van der Waals surface area contributed by atoms with Gasteiger partial charge in [0.2, 0.25) is 0 Å². The summed E-state index contributed by atoms with van der Waals surface area (Å²) in [6.07, 6.45) is 6.49. The van der Waals surface area contributed by atoms with Gasteiger partial charge in [0.25, 0.3) is 5.69 Å². The fourth-order valence-corrected chi connectivity index (χ4v) is 1.85. The van der Waals surface area contributed by atoms with E-state index in [-0.39, 0.29) is 5.69 Å². The Balaban J connectivity index is 1.84. The Kier molecular flexibility index (Phi) is 3.56. The first-order chi connectivity index (χ1) is 8.16. The number of hydrogen-bond acceptors (Lipinski definition) is 4. The Morgan fingerprint density at radius 3 is 2.94 bits per heavy atom. The third kappa shape index (κ3) is 3.41. The summed E-state index contributed by atoms with van der Waals surface area (Å²) in [6, 6.07) is 1.55. The number of hydrogen-bond donors (Lipinski definition) is 1. The SMILES string of the molecule is Cc1cc([N+](=O)[O-])cnc1NCCCC1CC1. The molecule has 0 unspecified atom stereocenters. The number of anilines is 1. The van der Waals surface area contributed by atoms with Gasteiger partial charge in [0.1, 0.15) is 12.0 Å². The second-order valence-corrected chi connectivity index (χ2v) is 4.63. The van der Waals surface area contributed by atoms with E-state index in [1.165, 1.54) is 25.5 Å². The van der Waals surface area contributed by atoms with Gasteiger partial charge in [0.05, 0.1) is 4.92 Å². The van der Waals surface area contributed by atoms with E-state index in [1.807, 2.05) is 6.92 Å². The lowest BCUT2D eigenvalue weighted by Crippen LogP contribution is -2.05. The lowest BCUT2D eigenvalue weighted by molar-refractivity contribution is -0.385. The second kappa shape index (κ2) is 5.12. The summed E-state index contributed by atoms with van der Waals surface area (Å²) in [5.74, 6) is 1.70. The summed E-state index contributed by atoms with van der Waals surface area (Å²) < 4.78 is 0. The normalized spacial score (nSPS) is 14.6. The predicted molar refractivity (Wildman–Crippen MR) is 66.1 cm³/mol. The molecule has 1 aromatic rings. The summed E-state index contributed by atoms with van der Waals surface area (Å²) in [6.45, 7) is 2.73. The molecule has 1 fully saturated rings. The van der Waals surface area contributed by atoms with Crippen LogP contribution in [0.2, 0.25) is 0 Å². The van der Waals surface area contributed by atoms with Crippen molar-refractivity contribution < 1.29 is 4.92 Å². The van der Waals surface area contributed by atoms with Gasteiger partial charge < -0.3 is 5.32 Å². The van der Waals surface area contributed by atoms with Gasteiger partial charge in [-0.15, -0.1) is 0 Å². The molecule has 5 nitrogen and oxygen atoms in total. The molecule has 92 valence electrons. The van der Waals surface area contributed by atoms with E-state index in [0.717, 1.165) is 30.3 Å². The Morgan fingerprint density at radius 2 is 2.35 bits per heavy atom. The van der Waals surface area contributed by atoms with Gasteiger partial charge >= 0.3 is 0 Å². The van der Waals surface area contributed by atoms with E-state index in [9.17, 15) is 10.1 Å². The van der Waals surface area contributed by atoms with Gasteiger partial charge in [-0.25, -0.2) is 4.98 Å². The summed E-state index contributed by atoms with van der Waals surface area (Å²) in [4.78, 5) is 14.2. The van der Waals surface area contributed by atoms with Gasteiger partial charge in [-0.1, -0.05) is 12.8 Å². The van der Waals surface area contributed by atoms with E-state index in [2.05, 4.69) is 10.3 Å². The maximum absolute atomic E-state index is 10.6. The molecule has 17 heavy (non-hydrogen) atoms. The smallest absolute Gasteiger partial charge is 0.287 e. The minimum Gasteiger partial charge on any atom is -0.370 e. The number of pyridine rings is 1. The van der Waals surface area contributed by atoms with Crippen molar-refractivity contribution in [3.05, 3.63) is 27.9 Å². The van der Waals surface area contributed by atoms with Crippen LogP contribution in [-0.2, 0) is 0 Å². The van der Waals surface area contributed by atoms with Crippen LogP contribution < -0.4 is 5.32 Å². The van der Waals surface area contributed by atoms with Gasteiger partial charge in [-0.3, -0.25) is 10.1 Å². The molecular weight excluding hydrogens is 218 g/mol. The quantitative estimate of drug-likeness (QED) is 0.467. The van der Waals surface area contributed by atoms with Crippen molar-refractivity contribution in [2.45, 2.75) is 32.6 Å². The average Bonchev–Trinajstić information content (AvgIpc) is 3.09. The van der Waals surface area contributed by atoms with Crippen molar-refractivity contribution in [3.8, 4) is 0 Å². The van der Waals surface area contributed by atoms with Crippen molar-refractivity contribution in [2.75, 3.05) is 11.9 Å². The summed E-state index contributed by atoms with van der Waals surface area (Å²) >= 11 is 0. The van der Waals surface area contributed by atoms with Crippen molar-refractivity contribution in [1.29, 1.82) is 0 Å². The molecular formula is C12H17N3O2. The highest BCUT2D eigenvalue weighted by molar-refractivity contribution is 5.48. The highest BCUT2D eigenvalue weighted by Gasteiger charge is 2.20. The first kappa shape index (κ1) is 11.8. The molecule has 0 aromatic carbocycles. The molecule has 2 rings (SSSR count). The maximum atomic E-state index is 10.6. The second-order valence-electron chi connectivity index (χ2n) is 4.63. The van der Waals surface area contributed by atoms with E-state index in [1.54, 1.807) is 6.07 Å². The van der Waals surface area contributed by atoms with E-state index < -0.39 is 4.92 Å². The summed E-state index contributed by atoms with van der Waals surface area (Å²) in [5.41, 5.74) is 0.872. The van der Waals surface area contributed by atoms with Crippen LogP contribution in [0.3, 0.4) is 0 Å². The van der Waals surface area contributed by atoms with E-state index in [4.69, 9.17) is 0 Å². The number of nitro groups is 1. The minimum absolute atomic E-state index is 0.0473. The zero-order valence-corrected chi connectivity index (χ0v) is 9.98. The van der Waals surface area contributed by atoms with Crippen molar-refractivity contribution in [3.63, 3.8) is 0 Å². The molecule has 1 heterocycles. The lowest BCUT2D eigenvalue weighted by Gasteiger charge is -2.07. The standard InChI is InChI=1S/C12H17N3O2/c1-9-7-11(15(16)17)8-14-12(9)13-6-2-3-10-4-5-10/h7-8,10H,2-6H2,1H3,(H,13,14). The fourth-order valence-electron chi connectivity index (χ4n) is 1.85. The van der Waals surface area contributed by atoms with Crippen LogP contribution in [-0.4, -0.2) is 16.5 Å². The summed E-state index contributed by atoms with van der Waals surface area (Å²) in [5, 5.41) is 13.8. The first-order valence-corrected chi connectivity index (χ1v) is 6.01. The first-order valence-electron chi connectivity index (χ1n) is 6.01. The number of aryl methyl sites for hydroxylation is 1. The molecule has 0 radical (unpaired) electrons. The lowest BCUT2D eigenvalue weighted by atomic mass is 10.2.